The average Bonchev–Trinajstić information content (AvgIpc) is 2.79. The standard InChI is InChI=1S/C13H15F3N2O2S/c1-8-3-6-21-9(8)10(19)18-5-4-12(18,2)11(20)17-7-13(14,15)16/h3,6H,4-5,7H2,1-2H3,(H,17,20). The molecule has 1 fully saturated rings. The van der Waals surface area contributed by atoms with E-state index >= 15 is 0 Å². The number of nitrogens with zero attached hydrogens (tertiary/aromatic N) is 1. The van der Waals surface area contributed by atoms with Gasteiger partial charge in [0.2, 0.25) is 5.91 Å². The van der Waals surface area contributed by atoms with E-state index in [0.29, 0.717) is 17.8 Å². The first-order chi connectivity index (χ1) is 9.65. The predicted octanol–water partition coefficient (Wildman–Crippen LogP) is 2.34. The zero-order valence-corrected chi connectivity index (χ0v) is 12.4. The Bertz CT molecular complexity index is 570. The van der Waals surface area contributed by atoms with Crippen LogP contribution in [0.1, 0.15) is 28.6 Å². The van der Waals surface area contributed by atoms with Gasteiger partial charge in [-0.3, -0.25) is 9.59 Å². The molecule has 8 heteroatoms. The molecule has 4 nitrogen and oxygen atoms in total. The van der Waals surface area contributed by atoms with E-state index in [4.69, 9.17) is 0 Å². The first-order valence-electron chi connectivity index (χ1n) is 6.36. The summed E-state index contributed by atoms with van der Waals surface area (Å²) in [7, 11) is 0. The number of rotatable bonds is 3. The molecule has 0 aromatic carbocycles. The fourth-order valence-corrected chi connectivity index (χ4v) is 3.08. The fraction of sp³-hybridized carbons (Fsp3) is 0.538. The molecular weight excluding hydrogens is 305 g/mol. The van der Waals surface area contributed by atoms with Crippen molar-refractivity contribution in [1.82, 2.24) is 10.2 Å². The summed E-state index contributed by atoms with van der Waals surface area (Å²) in [5.41, 5.74) is -0.409. The molecule has 1 unspecified atom stereocenters. The van der Waals surface area contributed by atoms with Crippen LogP contribution >= 0.6 is 11.3 Å². The lowest BCUT2D eigenvalue weighted by molar-refractivity contribution is -0.149. The average molecular weight is 320 g/mol. The van der Waals surface area contributed by atoms with Crippen LogP contribution < -0.4 is 5.32 Å². The summed E-state index contributed by atoms with van der Waals surface area (Å²) in [6.45, 7) is 2.25. The normalized spacial score (nSPS) is 21.9. The maximum absolute atomic E-state index is 12.4. The summed E-state index contributed by atoms with van der Waals surface area (Å²) in [5.74, 6) is -1.08. The van der Waals surface area contributed by atoms with Crippen molar-refractivity contribution < 1.29 is 22.8 Å². The van der Waals surface area contributed by atoms with Crippen LogP contribution in [0.4, 0.5) is 13.2 Å². The number of halogens is 3. The second kappa shape index (κ2) is 5.32. The van der Waals surface area contributed by atoms with Crippen molar-refractivity contribution >= 4 is 23.2 Å². The number of thiophene rings is 1. The van der Waals surface area contributed by atoms with Gasteiger partial charge >= 0.3 is 6.18 Å². The quantitative estimate of drug-likeness (QED) is 0.929. The zero-order valence-electron chi connectivity index (χ0n) is 11.6. The monoisotopic (exact) mass is 320 g/mol. The number of carbonyl (C=O) groups is 2. The number of nitrogens with one attached hydrogen (secondary N) is 1. The third kappa shape index (κ3) is 3.04. The molecule has 1 saturated heterocycles. The number of aryl methyl sites for hydroxylation is 1. The molecule has 0 spiro atoms. The van der Waals surface area contributed by atoms with Gasteiger partial charge in [-0.25, -0.2) is 0 Å². The zero-order chi connectivity index (χ0) is 15.8. The molecule has 1 aromatic rings. The van der Waals surface area contributed by atoms with Gasteiger partial charge in [0.15, 0.2) is 0 Å². The van der Waals surface area contributed by atoms with Crippen molar-refractivity contribution in [2.75, 3.05) is 13.1 Å². The van der Waals surface area contributed by atoms with Gasteiger partial charge in [0.1, 0.15) is 12.1 Å². The minimum atomic E-state index is -4.46. The second-order valence-electron chi connectivity index (χ2n) is 5.21. The highest BCUT2D eigenvalue weighted by molar-refractivity contribution is 7.12. The SMILES string of the molecule is Cc1ccsc1C(=O)N1CCC1(C)C(=O)NCC(F)(F)F. The summed E-state index contributed by atoms with van der Waals surface area (Å²) < 4.78 is 36.5. The molecule has 1 aromatic heterocycles. The molecule has 116 valence electrons. The minimum absolute atomic E-state index is 0.307. The van der Waals surface area contributed by atoms with Crippen LogP contribution in [0.15, 0.2) is 11.4 Å². The highest BCUT2D eigenvalue weighted by atomic mass is 32.1. The van der Waals surface area contributed by atoms with Crippen LogP contribution in [0.3, 0.4) is 0 Å². The van der Waals surface area contributed by atoms with Gasteiger partial charge in [0.05, 0.1) is 4.88 Å². The molecule has 2 heterocycles. The molecule has 2 rings (SSSR count). The van der Waals surface area contributed by atoms with E-state index in [1.807, 2.05) is 5.32 Å². The highest BCUT2D eigenvalue weighted by Crippen LogP contribution is 2.34. The van der Waals surface area contributed by atoms with Crippen molar-refractivity contribution in [2.24, 2.45) is 0 Å². The number of amides is 2. The maximum Gasteiger partial charge on any atom is 0.405 e. The summed E-state index contributed by atoms with van der Waals surface area (Å²) in [6.07, 6.45) is -4.11. The Balaban J connectivity index is 2.08. The smallest absolute Gasteiger partial charge is 0.345 e. The Morgan fingerprint density at radius 2 is 2.14 bits per heavy atom. The number of hydrogen-bond acceptors (Lipinski definition) is 3. The van der Waals surface area contributed by atoms with E-state index in [9.17, 15) is 22.8 Å². The summed E-state index contributed by atoms with van der Waals surface area (Å²) in [4.78, 5) is 26.2. The van der Waals surface area contributed by atoms with E-state index in [-0.39, 0.29) is 5.91 Å². The number of carbonyl (C=O) groups excluding carboxylic acids is 2. The minimum Gasteiger partial charge on any atom is -0.345 e. The lowest BCUT2D eigenvalue weighted by Gasteiger charge is -2.49. The van der Waals surface area contributed by atoms with Crippen LogP contribution in [0.2, 0.25) is 0 Å². The first kappa shape index (κ1) is 15.8. The van der Waals surface area contributed by atoms with Crippen LogP contribution in [0.5, 0.6) is 0 Å². The molecule has 0 saturated carbocycles. The Hall–Kier alpha value is -1.57. The molecule has 1 N–H and O–H groups in total. The Labute approximate surface area is 123 Å². The number of likely N-dealkylation sites (tertiary alicyclic amines) is 1. The van der Waals surface area contributed by atoms with Gasteiger partial charge in [0.25, 0.3) is 5.91 Å². The van der Waals surface area contributed by atoms with E-state index in [2.05, 4.69) is 0 Å². The van der Waals surface area contributed by atoms with Gasteiger partial charge in [-0.05, 0) is 37.3 Å². The van der Waals surface area contributed by atoms with Crippen molar-refractivity contribution in [3.05, 3.63) is 21.9 Å². The van der Waals surface area contributed by atoms with E-state index in [1.54, 1.807) is 18.4 Å². The molecule has 1 atom stereocenters. The van der Waals surface area contributed by atoms with Gasteiger partial charge in [0, 0.05) is 6.54 Å². The summed E-state index contributed by atoms with van der Waals surface area (Å²) >= 11 is 1.26. The van der Waals surface area contributed by atoms with Crippen LogP contribution in [-0.2, 0) is 4.79 Å². The largest absolute Gasteiger partial charge is 0.405 e. The van der Waals surface area contributed by atoms with Crippen molar-refractivity contribution in [2.45, 2.75) is 32.0 Å². The van der Waals surface area contributed by atoms with Crippen LogP contribution in [0.25, 0.3) is 0 Å². The van der Waals surface area contributed by atoms with Crippen LogP contribution in [-0.4, -0.2) is 41.5 Å². The Morgan fingerprint density at radius 3 is 2.57 bits per heavy atom. The van der Waals surface area contributed by atoms with Gasteiger partial charge < -0.3 is 10.2 Å². The number of alkyl halides is 3. The third-order valence-electron chi connectivity index (χ3n) is 3.66. The van der Waals surface area contributed by atoms with E-state index < -0.39 is 24.2 Å². The van der Waals surface area contributed by atoms with E-state index in [1.165, 1.54) is 23.2 Å². The molecule has 2 amide bonds. The molecule has 1 aliphatic heterocycles. The van der Waals surface area contributed by atoms with Crippen molar-refractivity contribution in [3.63, 3.8) is 0 Å². The van der Waals surface area contributed by atoms with Crippen molar-refractivity contribution in [1.29, 1.82) is 0 Å². The Kier molecular flexibility index (Phi) is 4.01. The summed E-state index contributed by atoms with van der Waals surface area (Å²) in [6, 6.07) is 1.79. The third-order valence-corrected chi connectivity index (χ3v) is 4.66. The lowest BCUT2D eigenvalue weighted by Crippen LogP contribution is -2.67. The van der Waals surface area contributed by atoms with Crippen LogP contribution in [0, 0.1) is 6.92 Å². The van der Waals surface area contributed by atoms with Crippen molar-refractivity contribution in [3.8, 4) is 0 Å². The predicted molar refractivity (Wildman–Crippen MR) is 72.2 cm³/mol. The highest BCUT2D eigenvalue weighted by Gasteiger charge is 2.50. The number of hydrogen-bond donors (Lipinski definition) is 1. The molecular formula is C13H15F3N2O2S. The molecule has 0 radical (unpaired) electrons. The summed E-state index contributed by atoms with van der Waals surface area (Å²) in [5, 5.41) is 3.62. The van der Waals surface area contributed by atoms with Gasteiger partial charge in [-0.1, -0.05) is 0 Å². The molecule has 0 aliphatic carbocycles. The van der Waals surface area contributed by atoms with E-state index in [0.717, 1.165) is 5.56 Å². The fourth-order valence-electron chi connectivity index (χ4n) is 2.21. The van der Waals surface area contributed by atoms with Gasteiger partial charge in [-0.15, -0.1) is 11.3 Å². The molecule has 21 heavy (non-hydrogen) atoms. The topological polar surface area (TPSA) is 49.4 Å². The lowest BCUT2D eigenvalue weighted by atomic mass is 9.85. The molecule has 0 bridgehead atoms. The molecule has 1 aliphatic rings. The maximum atomic E-state index is 12.4. The van der Waals surface area contributed by atoms with Gasteiger partial charge in [-0.2, -0.15) is 13.2 Å². The first-order valence-corrected chi connectivity index (χ1v) is 7.24. The Morgan fingerprint density at radius 1 is 1.48 bits per heavy atom. The second-order valence-corrected chi connectivity index (χ2v) is 6.13.